The number of aromatic nitrogens is 1. The van der Waals surface area contributed by atoms with Crippen LogP contribution in [-0.4, -0.2) is 25.1 Å². The Hall–Kier alpha value is -2.56. The van der Waals surface area contributed by atoms with Gasteiger partial charge in [0.15, 0.2) is 0 Å². The van der Waals surface area contributed by atoms with Crippen molar-refractivity contribution in [3.63, 3.8) is 0 Å². The first-order valence-electron chi connectivity index (χ1n) is 8.09. The van der Waals surface area contributed by atoms with Crippen LogP contribution in [0, 0.1) is 12.8 Å². The molecule has 0 aliphatic heterocycles. The summed E-state index contributed by atoms with van der Waals surface area (Å²) in [4.78, 5) is 17.4. The zero-order chi connectivity index (χ0) is 17.1. The summed E-state index contributed by atoms with van der Waals surface area (Å²) in [5, 5.41) is 3.13. The molecule has 1 atom stereocenters. The van der Waals surface area contributed by atoms with Crippen molar-refractivity contribution in [2.24, 2.45) is 5.92 Å². The van der Waals surface area contributed by atoms with Crippen molar-refractivity contribution in [2.45, 2.75) is 25.8 Å². The minimum Gasteiger partial charge on any atom is -0.497 e. The van der Waals surface area contributed by atoms with E-state index in [9.17, 15) is 4.79 Å². The smallest absolute Gasteiger partial charge is 0.255 e. The van der Waals surface area contributed by atoms with Gasteiger partial charge >= 0.3 is 0 Å². The first-order valence-corrected chi connectivity index (χ1v) is 8.09. The van der Waals surface area contributed by atoms with Crippen LogP contribution in [0.25, 0.3) is 0 Å². The molecule has 1 aliphatic rings. The molecular weight excluding hydrogens is 304 g/mol. The van der Waals surface area contributed by atoms with Gasteiger partial charge in [0.2, 0.25) is 0 Å². The zero-order valence-electron chi connectivity index (χ0n) is 14.2. The van der Waals surface area contributed by atoms with Crippen LogP contribution >= 0.6 is 0 Å². The van der Waals surface area contributed by atoms with Crippen LogP contribution in [-0.2, 0) is 0 Å². The Kier molecular flexibility index (Phi) is 4.69. The van der Waals surface area contributed by atoms with Crippen LogP contribution < -0.4 is 14.8 Å². The molecule has 1 fully saturated rings. The summed E-state index contributed by atoms with van der Waals surface area (Å²) < 4.78 is 10.5. The van der Waals surface area contributed by atoms with Crippen LogP contribution in [0.1, 0.15) is 40.6 Å². The predicted molar refractivity (Wildman–Crippen MR) is 91.5 cm³/mol. The van der Waals surface area contributed by atoms with Gasteiger partial charge in [0.25, 0.3) is 5.91 Å². The molecule has 5 heteroatoms. The number of nitrogens with one attached hydrogen (secondary N) is 1. The number of aryl methyl sites for hydroxylation is 1. The molecule has 5 nitrogen and oxygen atoms in total. The summed E-state index contributed by atoms with van der Waals surface area (Å²) in [6, 6.07) is 11.0. The Morgan fingerprint density at radius 1 is 1.21 bits per heavy atom. The molecule has 2 aromatic rings. The van der Waals surface area contributed by atoms with Crippen molar-refractivity contribution in [2.75, 3.05) is 14.2 Å². The van der Waals surface area contributed by atoms with E-state index in [2.05, 4.69) is 10.3 Å². The fourth-order valence-electron chi connectivity index (χ4n) is 2.81. The van der Waals surface area contributed by atoms with E-state index < -0.39 is 0 Å². The first kappa shape index (κ1) is 16.3. The lowest BCUT2D eigenvalue weighted by molar-refractivity contribution is 0.0927. The standard InChI is InChI=1S/C19H22N2O3/c1-12-5-4-6-16(20-12)18(13-7-8-13)21-19(22)15-10-9-14(23-2)11-17(15)24-3/h4-6,9-11,13,18H,7-8H2,1-3H3,(H,21,22)/t18-/m0/s1. The number of carbonyl (C=O) groups excluding carboxylic acids is 1. The third-order valence-corrected chi connectivity index (χ3v) is 4.26. The highest BCUT2D eigenvalue weighted by molar-refractivity contribution is 5.97. The van der Waals surface area contributed by atoms with Crippen LogP contribution in [0.15, 0.2) is 36.4 Å². The van der Waals surface area contributed by atoms with Crippen molar-refractivity contribution < 1.29 is 14.3 Å². The fourth-order valence-corrected chi connectivity index (χ4v) is 2.81. The van der Waals surface area contributed by atoms with Crippen LogP contribution in [0.4, 0.5) is 0 Å². The number of methoxy groups -OCH3 is 2. The Balaban J connectivity index is 1.84. The summed E-state index contributed by atoms with van der Waals surface area (Å²) in [5.41, 5.74) is 2.37. The van der Waals surface area contributed by atoms with Crippen molar-refractivity contribution in [1.29, 1.82) is 0 Å². The molecule has 0 bridgehead atoms. The molecule has 1 heterocycles. The van der Waals surface area contributed by atoms with E-state index >= 15 is 0 Å². The average molecular weight is 326 g/mol. The molecule has 1 aromatic carbocycles. The van der Waals surface area contributed by atoms with E-state index in [-0.39, 0.29) is 11.9 Å². The SMILES string of the molecule is COc1ccc(C(=O)N[C@H](c2cccc(C)n2)C2CC2)c(OC)c1. The largest absolute Gasteiger partial charge is 0.497 e. The van der Waals surface area contributed by atoms with Gasteiger partial charge in [0.1, 0.15) is 11.5 Å². The van der Waals surface area contributed by atoms with E-state index in [0.29, 0.717) is 23.0 Å². The van der Waals surface area contributed by atoms with Gasteiger partial charge in [-0.3, -0.25) is 9.78 Å². The van der Waals surface area contributed by atoms with Gasteiger partial charge in [-0.15, -0.1) is 0 Å². The zero-order valence-corrected chi connectivity index (χ0v) is 14.2. The topological polar surface area (TPSA) is 60.5 Å². The molecule has 0 radical (unpaired) electrons. The average Bonchev–Trinajstić information content (AvgIpc) is 3.43. The van der Waals surface area contributed by atoms with E-state index in [1.165, 1.54) is 0 Å². The van der Waals surface area contributed by atoms with Crippen molar-refractivity contribution >= 4 is 5.91 Å². The fraction of sp³-hybridized carbons (Fsp3) is 0.368. The van der Waals surface area contributed by atoms with Gasteiger partial charge < -0.3 is 14.8 Å². The molecule has 1 N–H and O–H groups in total. The summed E-state index contributed by atoms with van der Waals surface area (Å²) in [6.45, 7) is 1.96. The minimum absolute atomic E-state index is 0.0655. The Labute approximate surface area is 142 Å². The number of nitrogens with zero attached hydrogens (tertiary/aromatic N) is 1. The Morgan fingerprint density at radius 3 is 2.62 bits per heavy atom. The highest BCUT2D eigenvalue weighted by Crippen LogP contribution is 2.40. The van der Waals surface area contributed by atoms with Gasteiger partial charge in [-0.2, -0.15) is 0 Å². The van der Waals surface area contributed by atoms with Crippen molar-refractivity contribution in [1.82, 2.24) is 10.3 Å². The normalized spacial score (nSPS) is 14.8. The van der Waals surface area contributed by atoms with Crippen LogP contribution in [0.5, 0.6) is 11.5 Å². The summed E-state index contributed by atoms with van der Waals surface area (Å²) in [7, 11) is 3.13. The molecule has 0 spiro atoms. The Bertz CT molecular complexity index is 741. The van der Waals surface area contributed by atoms with Gasteiger partial charge in [0.05, 0.1) is 31.5 Å². The molecule has 3 rings (SSSR count). The van der Waals surface area contributed by atoms with Crippen LogP contribution in [0.3, 0.4) is 0 Å². The van der Waals surface area contributed by atoms with Gasteiger partial charge in [-0.25, -0.2) is 0 Å². The monoisotopic (exact) mass is 326 g/mol. The summed E-state index contributed by atoms with van der Waals surface area (Å²) in [6.07, 6.45) is 2.22. The lowest BCUT2D eigenvalue weighted by Crippen LogP contribution is -2.30. The second-order valence-corrected chi connectivity index (χ2v) is 6.06. The molecule has 0 unspecified atom stereocenters. The third kappa shape index (κ3) is 3.50. The highest BCUT2D eigenvalue weighted by atomic mass is 16.5. The van der Waals surface area contributed by atoms with Crippen LogP contribution in [0.2, 0.25) is 0 Å². The maximum absolute atomic E-state index is 12.8. The number of amides is 1. The number of hydrogen-bond donors (Lipinski definition) is 1. The molecule has 1 aliphatic carbocycles. The quantitative estimate of drug-likeness (QED) is 0.885. The van der Waals surface area contributed by atoms with E-state index in [4.69, 9.17) is 9.47 Å². The third-order valence-electron chi connectivity index (χ3n) is 4.26. The molecule has 0 saturated heterocycles. The maximum atomic E-state index is 12.8. The molecule has 1 aromatic heterocycles. The van der Waals surface area contributed by atoms with E-state index in [1.54, 1.807) is 32.4 Å². The second kappa shape index (κ2) is 6.91. The minimum atomic E-state index is -0.158. The Morgan fingerprint density at radius 2 is 2.00 bits per heavy atom. The second-order valence-electron chi connectivity index (χ2n) is 6.06. The lowest BCUT2D eigenvalue weighted by atomic mass is 10.1. The first-order chi connectivity index (χ1) is 11.6. The van der Waals surface area contributed by atoms with Gasteiger partial charge in [-0.1, -0.05) is 6.07 Å². The maximum Gasteiger partial charge on any atom is 0.255 e. The van der Waals surface area contributed by atoms with E-state index in [1.807, 2.05) is 25.1 Å². The number of hydrogen-bond acceptors (Lipinski definition) is 4. The summed E-state index contributed by atoms with van der Waals surface area (Å²) in [5.74, 6) is 1.45. The molecular formula is C19H22N2O3. The van der Waals surface area contributed by atoms with Gasteiger partial charge in [-0.05, 0) is 49.9 Å². The molecule has 126 valence electrons. The number of ether oxygens (including phenoxy) is 2. The lowest BCUT2D eigenvalue weighted by Gasteiger charge is -2.19. The number of rotatable bonds is 6. The number of benzene rings is 1. The molecule has 24 heavy (non-hydrogen) atoms. The van der Waals surface area contributed by atoms with Crippen molar-refractivity contribution in [3.8, 4) is 11.5 Å². The molecule has 1 saturated carbocycles. The number of pyridine rings is 1. The predicted octanol–water partition coefficient (Wildman–Crippen LogP) is 3.29. The number of carbonyl (C=O) groups is 1. The van der Waals surface area contributed by atoms with E-state index in [0.717, 1.165) is 24.2 Å². The molecule has 1 amide bonds. The van der Waals surface area contributed by atoms with Crippen molar-refractivity contribution in [3.05, 3.63) is 53.3 Å². The van der Waals surface area contributed by atoms with Gasteiger partial charge in [0, 0.05) is 11.8 Å². The highest BCUT2D eigenvalue weighted by Gasteiger charge is 2.35. The summed E-state index contributed by atoms with van der Waals surface area (Å²) >= 11 is 0.